The van der Waals surface area contributed by atoms with Gasteiger partial charge in [-0.05, 0) is 45.6 Å². The van der Waals surface area contributed by atoms with Crippen molar-refractivity contribution < 1.29 is 4.74 Å². The second-order valence-electron chi connectivity index (χ2n) is 4.64. The lowest BCUT2D eigenvalue weighted by Crippen LogP contribution is -2.45. The summed E-state index contributed by atoms with van der Waals surface area (Å²) in [6.07, 6.45) is 11.8. The molecule has 1 aliphatic heterocycles. The Morgan fingerprint density at radius 2 is 2.27 bits per heavy atom. The Morgan fingerprint density at radius 3 is 3.00 bits per heavy atom. The Balaban J connectivity index is 1.85. The third kappa shape index (κ3) is 3.05. The number of rotatable bonds is 3. The van der Waals surface area contributed by atoms with Gasteiger partial charge in [0, 0.05) is 19.2 Å². The highest BCUT2D eigenvalue weighted by Crippen LogP contribution is 2.21. The topological polar surface area (TPSA) is 12.5 Å². The van der Waals surface area contributed by atoms with Gasteiger partial charge < -0.3 is 4.74 Å². The molecule has 1 aliphatic carbocycles. The van der Waals surface area contributed by atoms with E-state index in [0.717, 1.165) is 13.2 Å². The molecule has 0 bridgehead atoms. The molecule has 0 amide bonds. The molecule has 0 aromatic rings. The highest BCUT2D eigenvalue weighted by molar-refractivity contribution is 4.99. The summed E-state index contributed by atoms with van der Waals surface area (Å²) >= 11 is 0. The summed E-state index contributed by atoms with van der Waals surface area (Å²) in [4.78, 5) is 2.61. The summed E-state index contributed by atoms with van der Waals surface area (Å²) in [6, 6.07) is 0.696. The van der Waals surface area contributed by atoms with Crippen LogP contribution in [0.3, 0.4) is 0 Å². The first kappa shape index (κ1) is 11.2. The molecular weight excluding hydrogens is 186 g/mol. The summed E-state index contributed by atoms with van der Waals surface area (Å²) in [5.74, 6) is 0. The zero-order valence-electron chi connectivity index (χ0n) is 9.82. The van der Waals surface area contributed by atoms with Crippen LogP contribution in [0.15, 0.2) is 12.2 Å². The Kier molecular flexibility index (Phi) is 4.21. The smallest absolute Gasteiger partial charge is 0.0702 e. The van der Waals surface area contributed by atoms with Gasteiger partial charge in [-0.15, -0.1) is 0 Å². The number of hydrogen-bond acceptors (Lipinski definition) is 2. The number of nitrogens with zero attached hydrogens (tertiary/aromatic N) is 1. The highest BCUT2D eigenvalue weighted by Gasteiger charge is 2.25. The zero-order chi connectivity index (χ0) is 10.5. The molecule has 0 aromatic heterocycles. The van der Waals surface area contributed by atoms with Crippen LogP contribution in [0.25, 0.3) is 0 Å². The molecule has 2 rings (SSSR count). The monoisotopic (exact) mass is 209 g/mol. The van der Waals surface area contributed by atoms with Crippen molar-refractivity contribution in [3.63, 3.8) is 0 Å². The maximum atomic E-state index is 5.74. The second-order valence-corrected chi connectivity index (χ2v) is 4.64. The van der Waals surface area contributed by atoms with Gasteiger partial charge in [0.2, 0.25) is 0 Å². The van der Waals surface area contributed by atoms with Crippen molar-refractivity contribution >= 4 is 0 Å². The van der Waals surface area contributed by atoms with Gasteiger partial charge in [-0.3, -0.25) is 4.90 Å². The first-order chi connectivity index (χ1) is 7.40. The van der Waals surface area contributed by atoms with E-state index in [1.54, 1.807) is 0 Å². The molecule has 2 nitrogen and oxygen atoms in total. The summed E-state index contributed by atoms with van der Waals surface area (Å²) in [5, 5.41) is 0. The average Bonchev–Trinajstić information content (AvgIpc) is 2.31. The fourth-order valence-corrected chi connectivity index (χ4v) is 2.74. The van der Waals surface area contributed by atoms with Gasteiger partial charge in [0.25, 0.3) is 0 Å². The van der Waals surface area contributed by atoms with E-state index in [9.17, 15) is 0 Å². The summed E-state index contributed by atoms with van der Waals surface area (Å²) in [7, 11) is 0. The van der Waals surface area contributed by atoms with Crippen LogP contribution in [0.1, 0.15) is 39.0 Å². The van der Waals surface area contributed by atoms with Crippen LogP contribution in [0.5, 0.6) is 0 Å². The highest BCUT2D eigenvalue weighted by atomic mass is 16.5. The minimum absolute atomic E-state index is 0.485. The number of ether oxygens (including phenoxy) is 1. The minimum Gasteiger partial charge on any atom is -0.377 e. The molecule has 0 unspecified atom stereocenters. The molecule has 86 valence electrons. The van der Waals surface area contributed by atoms with E-state index in [1.807, 2.05) is 0 Å². The van der Waals surface area contributed by atoms with Crippen molar-refractivity contribution in [2.45, 2.75) is 51.2 Å². The summed E-state index contributed by atoms with van der Waals surface area (Å²) in [6.45, 7) is 5.36. The van der Waals surface area contributed by atoms with Gasteiger partial charge in [0.15, 0.2) is 0 Å². The molecule has 0 radical (unpaired) electrons. The second kappa shape index (κ2) is 5.66. The molecule has 0 aromatic carbocycles. The third-order valence-electron chi connectivity index (χ3n) is 3.51. The lowest BCUT2D eigenvalue weighted by Gasteiger charge is -2.37. The SMILES string of the molecule is CCO[C@H]1CCCN([C@@H]2C=CCCC2)C1. The molecule has 1 fully saturated rings. The van der Waals surface area contributed by atoms with E-state index >= 15 is 0 Å². The predicted octanol–water partition coefficient (Wildman–Crippen LogP) is 2.60. The van der Waals surface area contributed by atoms with Crippen LogP contribution < -0.4 is 0 Å². The molecular formula is C13H23NO. The molecule has 15 heavy (non-hydrogen) atoms. The molecule has 2 heteroatoms. The quantitative estimate of drug-likeness (QED) is 0.662. The minimum atomic E-state index is 0.485. The summed E-state index contributed by atoms with van der Waals surface area (Å²) in [5.41, 5.74) is 0. The average molecular weight is 209 g/mol. The molecule has 1 heterocycles. The fraction of sp³-hybridized carbons (Fsp3) is 0.846. The van der Waals surface area contributed by atoms with Gasteiger partial charge >= 0.3 is 0 Å². The van der Waals surface area contributed by atoms with Crippen LogP contribution in [0.2, 0.25) is 0 Å². The van der Waals surface area contributed by atoms with Gasteiger partial charge in [0.1, 0.15) is 0 Å². The predicted molar refractivity (Wildman–Crippen MR) is 63.0 cm³/mol. The van der Waals surface area contributed by atoms with E-state index < -0.39 is 0 Å². The third-order valence-corrected chi connectivity index (χ3v) is 3.51. The number of likely N-dealkylation sites (tertiary alicyclic amines) is 1. The largest absolute Gasteiger partial charge is 0.377 e. The number of hydrogen-bond donors (Lipinski definition) is 0. The lowest BCUT2D eigenvalue weighted by molar-refractivity contribution is -0.00307. The number of allylic oxidation sites excluding steroid dienone is 1. The fourth-order valence-electron chi connectivity index (χ4n) is 2.74. The van der Waals surface area contributed by atoms with Gasteiger partial charge in [-0.1, -0.05) is 12.2 Å². The van der Waals surface area contributed by atoms with E-state index in [1.165, 1.54) is 38.6 Å². The van der Waals surface area contributed by atoms with Crippen molar-refractivity contribution in [3.05, 3.63) is 12.2 Å². The Morgan fingerprint density at radius 1 is 1.33 bits per heavy atom. The first-order valence-electron chi connectivity index (χ1n) is 6.42. The van der Waals surface area contributed by atoms with Crippen LogP contribution in [-0.2, 0) is 4.74 Å². The van der Waals surface area contributed by atoms with Gasteiger partial charge in [-0.2, -0.15) is 0 Å². The Labute approximate surface area is 93.3 Å². The normalized spacial score (nSPS) is 33.1. The van der Waals surface area contributed by atoms with Crippen molar-refractivity contribution in [2.75, 3.05) is 19.7 Å². The molecule has 1 saturated heterocycles. The van der Waals surface area contributed by atoms with Crippen molar-refractivity contribution in [2.24, 2.45) is 0 Å². The van der Waals surface area contributed by atoms with E-state index in [4.69, 9.17) is 4.74 Å². The first-order valence-corrected chi connectivity index (χ1v) is 6.42. The zero-order valence-corrected chi connectivity index (χ0v) is 9.82. The van der Waals surface area contributed by atoms with Gasteiger partial charge in [-0.25, -0.2) is 0 Å². The lowest BCUT2D eigenvalue weighted by atomic mass is 9.98. The molecule has 0 saturated carbocycles. The summed E-state index contributed by atoms with van der Waals surface area (Å²) < 4.78 is 5.74. The van der Waals surface area contributed by atoms with E-state index in [0.29, 0.717) is 12.1 Å². The molecule has 2 atom stereocenters. The van der Waals surface area contributed by atoms with Crippen LogP contribution in [-0.4, -0.2) is 36.7 Å². The van der Waals surface area contributed by atoms with E-state index in [2.05, 4.69) is 24.0 Å². The van der Waals surface area contributed by atoms with Gasteiger partial charge in [0.05, 0.1) is 6.10 Å². The number of piperidine rings is 1. The standard InChI is InChI=1S/C13H23NO/c1-2-15-13-9-6-10-14(11-13)12-7-4-3-5-8-12/h4,7,12-13H,2-3,5-6,8-11H2,1H3/t12-,13+/m1/s1. The van der Waals surface area contributed by atoms with E-state index in [-0.39, 0.29) is 0 Å². The van der Waals surface area contributed by atoms with Crippen molar-refractivity contribution in [1.29, 1.82) is 0 Å². The van der Waals surface area contributed by atoms with Crippen molar-refractivity contribution in [3.8, 4) is 0 Å². The molecule has 2 aliphatic rings. The maximum Gasteiger partial charge on any atom is 0.0702 e. The van der Waals surface area contributed by atoms with Crippen LogP contribution in [0.4, 0.5) is 0 Å². The van der Waals surface area contributed by atoms with Crippen LogP contribution in [0, 0.1) is 0 Å². The Hall–Kier alpha value is -0.340. The molecule has 0 spiro atoms. The van der Waals surface area contributed by atoms with Crippen LogP contribution >= 0.6 is 0 Å². The van der Waals surface area contributed by atoms with Crippen molar-refractivity contribution in [1.82, 2.24) is 4.90 Å². The Bertz CT molecular complexity index is 213. The maximum absolute atomic E-state index is 5.74. The molecule has 0 N–H and O–H groups in total.